The zero-order valence-electron chi connectivity index (χ0n) is 15.9. The van der Waals surface area contributed by atoms with Crippen molar-refractivity contribution >= 4 is 33.1 Å². The molecule has 2 aliphatic rings. The molecule has 2 aromatic heterocycles. The van der Waals surface area contributed by atoms with E-state index in [1.807, 2.05) is 19.2 Å². The summed E-state index contributed by atoms with van der Waals surface area (Å²) < 4.78 is 2.12. The van der Waals surface area contributed by atoms with Gasteiger partial charge in [-0.2, -0.15) is 0 Å². The van der Waals surface area contributed by atoms with Crippen LogP contribution in [0.25, 0.3) is 10.9 Å². The Hall–Kier alpha value is -2.31. The number of nitrogens with one attached hydrogen (secondary N) is 2. The minimum Gasteiger partial charge on any atom is -0.353 e. The van der Waals surface area contributed by atoms with Crippen LogP contribution in [-0.4, -0.2) is 28.0 Å². The predicted molar refractivity (Wildman–Crippen MR) is 110 cm³/mol. The third-order valence-electron chi connectivity index (χ3n) is 5.83. The Labute approximate surface area is 163 Å². The fraction of sp³-hybridized carbons (Fsp3) is 0.381. The summed E-state index contributed by atoms with van der Waals surface area (Å²) >= 11 is 1.75. The molecular weight excluding hydrogens is 356 g/mol. The van der Waals surface area contributed by atoms with Crippen LogP contribution < -0.4 is 10.6 Å². The van der Waals surface area contributed by atoms with E-state index in [2.05, 4.69) is 52.3 Å². The summed E-state index contributed by atoms with van der Waals surface area (Å²) in [6, 6.07) is 8.85. The largest absolute Gasteiger partial charge is 0.353 e. The first-order chi connectivity index (χ1) is 13.0. The molecule has 5 nitrogen and oxygen atoms in total. The van der Waals surface area contributed by atoms with Crippen molar-refractivity contribution < 1.29 is 4.79 Å². The first-order valence-corrected chi connectivity index (χ1v) is 10.3. The van der Waals surface area contributed by atoms with E-state index in [0.29, 0.717) is 6.04 Å². The Bertz CT molecular complexity index is 1050. The molecule has 0 saturated heterocycles. The molecule has 0 fully saturated rings. The van der Waals surface area contributed by atoms with E-state index in [-0.39, 0.29) is 12.1 Å². The lowest BCUT2D eigenvalue weighted by Crippen LogP contribution is -2.39. The number of amides is 1. The summed E-state index contributed by atoms with van der Waals surface area (Å²) in [5.41, 5.74) is 4.40. The van der Waals surface area contributed by atoms with Gasteiger partial charge in [0, 0.05) is 53.7 Å². The van der Waals surface area contributed by atoms with Crippen molar-refractivity contribution in [3.05, 3.63) is 52.0 Å². The van der Waals surface area contributed by atoms with E-state index in [1.54, 1.807) is 11.3 Å². The molecule has 0 spiro atoms. The van der Waals surface area contributed by atoms with E-state index in [1.165, 1.54) is 21.3 Å². The van der Waals surface area contributed by atoms with Crippen molar-refractivity contribution in [1.29, 1.82) is 0 Å². The summed E-state index contributed by atoms with van der Waals surface area (Å²) in [6.45, 7) is 6.44. The fourth-order valence-electron chi connectivity index (χ4n) is 4.33. The number of rotatable bonds is 2. The van der Waals surface area contributed by atoms with Crippen LogP contribution in [0.5, 0.6) is 0 Å². The number of fused-ring (bicyclic) bond motifs is 4. The number of carbonyl (C=O) groups is 1. The molecule has 0 aliphatic carbocycles. The lowest BCUT2D eigenvalue weighted by atomic mass is 9.99. The van der Waals surface area contributed by atoms with Crippen molar-refractivity contribution in [2.45, 2.75) is 39.0 Å². The summed E-state index contributed by atoms with van der Waals surface area (Å²) in [5.74, 6) is 0.0529. The van der Waals surface area contributed by atoms with Crippen LogP contribution in [0.4, 0.5) is 5.00 Å². The number of carbonyl (C=O) groups excluding carboxylic acids is 1. The summed E-state index contributed by atoms with van der Waals surface area (Å²) in [7, 11) is 2.05. The second kappa shape index (κ2) is 6.11. The highest BCUT2D eigenvalue weighted by atomic mass is 32.1. The van der Waals surface area contributed by atoms with E-state index >= 15 is 0 Å². The van der Waals surface area contributed by atoms with Crippen LogP contribution in [0.15, 0.2) is 30.5 Å². The third kappa shape index (κ3) is 2.58. The molecule has 0 unspecified atom stereocenters. The molecule has 0 radical (unpaired) electrons. The zero-order chi connectivity index (χ0) is 18.7. The number of nitrogens with zero attached hydrogens (tertiary/aromatic N) is 2. The van der Waals surface area contributed by atoms with E-state index in [4.69, 9.17) is 0 Å². The zero-order valence-corrected chi connectivity index (χ0v) is 16.7. The Morgan fingerprint density at radius 1 is 1.22 bits per heavy atom. The fourth-order valence-corrected chi connectivity index (χ4v) is 5.63. The first kappa shape index (κ1) is 16.8. The Morgan fingerprint density at radius 2 is 2.04 bits per heavy atom. The molecule has 2 aliphatic heterocycles. The Morgan fingerprint density at radius 3 is 2.85 bits per heavy atom. The van der Waals surface area contributed by atoms with Gasteiger partial charge < -0.3 is 15.2 Å². The number of anilines is 1. The third-order valence-corrected chi connectivity index (χ3v) is 6.98. The van der Waals surface area contributed by atoms with E-state index < -0.39 is 0 Å². The van der Waals surface area contributed by atoms with Crippen molar-refractivity contribution in [2.75, 3.05) is 11.9 Å². The molecule has 0 saturated carbocycles. The number of benzene rings is 1. The van der Waals surface area contributed by atoms with Crippen LogP contribution in [0.1, 0.15) is 46.4 Å². The summed E-state index contributed by atoms with van der Waals surface area (Å²) in [5, 5.41) is 8.99. The van der Waals surface area contributed by atoms with Gasteiger partial charge in [0.1, 0.15) is 11.2 Å². The molecule has 1 atom stereocenters. The average Bonchev–Trinajstić information content (AvgIpc) is 3.19. The van der Waals surface area contributed by atoms with Gasteiger partial charge in [-0.05, 0) is 31.9 Å². The normalized spacial score (nSPS) is 19.7. The molecule has 6 heteroatoms. The van der Waals surface area contributed by atoms with Gasteiger partial charge in [0.05, 0.1) is 5.56 Å². The topological polar surface area (TPSA) is 49.3 Å². The maximum absolute atomic E-state index is 13.0. The lowest BCUT2D eigenvalue weighted by Gasteiger charge is -2.30. The van der Waals surface area contributed by atoms with Crippen LogP contribution >= 0.6 is 11.3 Å². The first-order valence-electron chi connectivity index (χ1n) is 9.53. The van der Waals surface area contributed by atoms with Gasteiger partial charge in [0.25, 0.3) is 5.91 Å². The van der Waals surface area contributed by atoms with Crippen molar-refractivity contribution in [3.8, 4) is 0 Å². The van der Waals surface area contributed by atoms with Gasteiger partial charge >= 0.3 is 0 Å². The number of aryl methyl sites for hydroxylation is 1. The quantitative estimate of drug-likeness (QED) is 0.710. The molecule has 1 aromatic carbocycles. The Balaban J connectivity index is 1.53. The van der Waals surface area contributed by atoms with Crippen LogP contribution in [0.2, 0.25) is 0 Å². The van der Waals surface area contributed by atoms with E-state index in [0.717, 1.165) is 35.6 Å². The van der Waals surface area contributed by atoms with E-state index in [9.17, 15) is 4.79 Å². The molecule has 5 rings (SSSR count). The molecule has 4 heterocycles. The molecule has 3 aromatic rings. The van der Waals surface area contributed by atoms with Crippen LogP contribution in [-0.2, 0) is 20.0 Å². The second-order valence-electron chi connectivity index (χ2n) is 7.79. The van der Waals surface area contributed by atoms with Gasteiger partial charge in [0.2, 0.25) is 0 Å². The minimum absolute atomic E-state index is 0.0529. The predicted octanol–water partition coefficient (Wildman–Crippen LogP) is 3.86. The maximum Gasteiger partial charge on any atom is 0.256 e. The monoisotopic (exact) mass is 380 g/mol. The Kier molecular flexibility index (Phi) is 3.81. The smallest absolute Gasteiger partial charge is 0.256 e. The molecule has 27 heavy (non-hydrogen) atoms. The highest BCUT2D eigenvalue weighted by Gasteiger charge is 2.34. The van der Waals surface area contributed by atoms with Gasteiger partial charge in [0.15, 0.2) is 0 Å². The van der Waals surface area contributed by atoms with Crippen molar-refractivity contribution in [1.82, 2.24) is 14.8 Å². The van der Waals surface area contributed by atoms with Gasteiger partial charge in [-0.1, -0.05) is 18.2 Å². The molecule has 1 amide bonds. The highest BCUT2D eigenvalue weighted by molar-refractivity contribution is 7.16. The van der Waals surface area contributed by atoms with Gasteiger partial charge in [-0.25, -0.2) is 0 Å². The molecular formula is C21H24N4OS. The molecule has 0 bridgehead atoms. The van der Waals surface area contributed by atoms with Crippen LogP contribution in [0.3, 0.4) is 0 Å². The second-order valence-corrected chi connectivity index (χ2v) is 8.89. The molecule has 140 valence electrons. The summed E-state index contributed by atoms with van der Waals surface area (Å²) in [6.07, 6.45) is 2.87. The minimum atomic E-state index is -0.197. The summed E-state index contributed by atoms with van der Waals surface area (Å²) in [4.78, 5) is 16.8. The van der Waals surface area contributed by atoms with Gasteiger partial charge in [-0.3, -0.25) is 9.69 Å². The maximum atomic E-state index is 13.0. The van der Waals surface area contributed by atoms with Crippen molar-refractivity contribution in [2.24, 2.45) is 7.05 Å². The number of aromatic nitrogens is 1. The number of hydrogen-bond acceptors (Lipinski definition) is 4. The number of thiophene rings is 1. The van der Waals surface area contributed by atoms with Crippen LogP contribution in [0, 0.1) is 0 Å². The average molecular weight is 381 g/mol. The lowest BCUT2D eigenvalue weighted by molar-refractivity contribution is 0.0934. The standard InChI is InChI=1S/C21H24N4OS/c1-12(2)25-9-8-14-17(11-25)27-21-18(14)20(26)22-19(23-21)15-10-24(3)16-7-5-4-6-13(15)16/h4-7,10,12,19,23H,8-9,11H2,1-3H3,(H,22,26)/t19-/m0/s1. The van der Waals surface area contributed by atoms with Crippen molar-refractivity contribution in [3.63, 3.8) is 0 Å². The molecule has 2 N–H and O–H groups in total. The number of hydrogen-bond donors (Lipinski definition) is 2. The SMILES string of the molecule is CC(C)N1CCc2c(sc3c2C(=O)N[C@H](c2cn(C)c4ccccc24)N3)C1. The number of para-hydroxylation sites is 1. The van der Waals surface area contributed by atoms with Gasteiger partial charge in [-0.15, -0.1) is 11.3 Å². The highest BCUT2D eigenvalue weighted by Crippen LogP contribution is 2.41.